The summed E-state index contributed by atoms with van der Waals surface area (Å²) in [7, 11) is 0. The van der Waals surface area contributed by atoms with Gasteiger partial charge < -0.3 is 5.32 Å². The highest BCUT2D eigenvalue weighted by molar-refractivity contribution is 5.25. The summed E-state index contributed by atoms with van der Waals surface area (Å²) in [6, 6.07) is 4.44. The van der Waals surface area contributed by atoms with Crippen LogP contribution in [-0.2, 0) is 0 Å². The maximum absolute atomic E-state index is 4.09. The third-order valence-corrected chi connectivity index (χ3v) is 2.10. The Morgan fingerprint density at radius 3 is 3.08 bits per heavy atom. The molecule has 1 N–H and O–H groups in total. The Bertz CT molecular complexity index is 290. The van der Waals surface area contributed by atoms with E-state index in [0.29, 0.717) is 6.04 Å². The van der Waals surface area contributed by atoms with E-state index in [1.807, 2.05) is 12.3 Å². The number of pyridine rings is 1. The van der Waals surface area contributed by atoms with Crippen LogP contribution in [0.2, 0.25) is 0 Å². The van der Waals surface area contributed by atoms with Crippen LogP contribution in [0, 0.1) is 0 Å². The predicted molar refractivity (Wildman–Crippen MR) is 48.7 cm³/mol. The highest BCUT2D eigenvalue weighted by Gasteiger charge is 2.13. The highest BCUT2D eigenvalue weighted by atomic mass is 14.9. The third kappa shape index (κ3) is 1.38. The van der Waals surface area contributed by atoms with Gasteiger partial charge in [0.05, 0.1) is 6.04 Å². The van der Waals surface area contributed by atoms with Gasteiger partial charge in [-0.05, 0) is 18.6 Å². The van der Waals surface area contributed by atoms with E-state index in [4.69, 9.17) is 0 Å². The summed E-state index contributed by atoms with van der Waals surface area (Å²) in [5.41, 5.74) is 2.65. The van der Waals surface area contributed by atoms with Crippen LogP contribution in [0.15, 0.2) is 36.2 Å². The molecule has 0 saturated carbocycles. The molecule has 0 fully saturated rings. The fraction of sp³-hybridized carbons (Fsp3) is 0.300. The normalized spacial score (nSPS) is 22.4. The Hall–Kier alpha value is -1.15. The minimum atomic E-state index is 0.374. The van der Waals surface area contributed by atoms with Gasteiger partial charge in [0.2, 0.25) is 0 Å². The number of hydrogen-bond donors (Lipinski definition) is 1. The van der Waals surface area contributed by atoms with E-state index in [1.54, 1.807) is 6.20 Å². The molecule has 0 spiro atoms. The lowest BCUT2D eigenvalue weighted by atomic mass is 10.1. The molecule has 2 heteroatoms. The highest BCUT2D eigenvalue weighted by Crippen LogP contribution is 2.19. The molecule has 1 aliphatic heterocycles. The first kappa shape index (κ1) is 7.50. The Morgan fingerprint density at radius 1 is 1.58 bits per heavy atom. The fourth-order valence-corrected chi connectivity index (χ4v) is 1.45. The molecular weight excluding hydrogens is 148 g/mol. The van der Waals surface area contributed by atoms with E-state index in [-0.39, 0.29) is 0 Å². The molecule has 2 rings (SSSR count). The molecule has 0 aliphatic carbocycles. The van der Waals surface area contributed by atoms with E-state index in [9.17, 15) is 0 Å². The van der Waals surface area contributed by atoms with Crippen molar-refractivity contribution in [2.24, 2.45) is 0 Å². The van der Waals surface area contributed by atoms with Gasteiger partial charge in [-0.25, -0.2) is 0 Å². The molecule has 12 heavy (non-hydrogen) atoms. The topological polar surface area (TPSA) is 24.9 Å². The van der Waals surface area contributed by atoms with Crippen molar-refractivity contribution in [1.29, 1.82) is 0 Å². The first-order valence-corrected chi connectivity index (χ1v) is 4.17. The second kappa shape index (κ2) is 3.07. The Labute approximate surface area is 72.3 Å². The molecule has 1 unspecified atom stereocenters. The fourth-order valence-electron chi connectivity index (χ4n) is 1.45. The van der Waals surface area contributed by atoms with Crippen LogP contribution in [0.25, 0.3) is 0 Å². The third-order valence-electron chi connectivity index (χ3n) is 2.10. The van der Waals surface area contributed by atoms with Crippen LogP contribution in [0.4, 0.5) is 0 Å². The molecule has 1 aliphatic rings. The zero-order valence-corrected chi connectivity index (χ0v) is 7.12. The standard InChI is InChI=1S/C10H12N2/c1-8-5-10(12-6-8)9-3-2-4-11-7-9/h2-5,7,10,12H,6H2,1H3. The molecule has 2 nitrogen and oxygen atoms in total. The summed E-state index contributed by atoms with van der Waals surface area (Å²) >= 11 is 0. The largest absolute Gasteiger partial charge is 0.303 e. The second-order valence-electron chi connectivity index (χ2n) is 3.16. The molecule has 0 saturated heterocycles. The van der Waals surface area contributed by atoms with Gasteiger partial charge in [0.25, 0.3) is 0 Å². The molecule has 0 amide bonds. The molecule has 0 aromatic carbocycles. The molecule has 2 heterocycles. The van der Waals surface area contributed by atoms with E-state index < -0.39 is 0 Å². The maximum atomic E-state index is 4.09. The Kier molecular flexibility index (Phi) is 1.92. The van der Waals surface area contributed by atoms with Crippen molar-refractivity contribution in [1.82, 2.24) is 10.3 Å². The molecular formula is C10H12N2. The number of nitrogens with zero attached hydrogens (tertiary/aromatic N) is 1. The van der Waals surface area contributed by atoms with Crippen molar-refractivity contribution in [3.8, 4) is 0 Å². The summed E-state index contributed by atoms with van der Waals surface area (Å²) in [5, 5.41) is 3.39. The van der Waals surface area contributed by atoms with E-state index >= 15 is 0 Å². The van der Waals surface area contributed by atoms with Crippen LogP contribution < -0.4 is 5.32 Å². The average Bonchev–Trinajstić information content (AvgIpc) is 2.54. The zero-order valence-electron chi connectivity index (χ0n) is 7.12. The predicted octanol–water partition coefficient (Wildman–Crippen LogP) is 1.67. The lowest BCUT2D eigenvalue weighted by molar-refractivity contribution is 0.705. The van der Waals surface area contributed by atoms with E-state index in [0.717, 1.165) is 6.54 Å². The van der Waals surface area contributed by atoms with Gasteiger partial charge in [-0.1, -0.05) is 17.7 Å². The lowest BCUT2D eigenvalue weighted by Crippen LogP contribution is -2.14. The van der Waals surface area contributed by atoms with Crippen molar-refractivity contribution in [2.75, 3.05) is 6.54 Å². The first-order valence-electron chi connectivity index (χ1n) is 4.17. The van der Waals surface area contributed by atoms with Crippen LogP contribution in [0.1, 0.15) is 18.5 Å². The van der Waals surface area contributed by atoms with Gasteiger partial charge in [0, 0.05) is 18.9 Å². The van der Waals surface area contributed by atoms with Crippen LogP contribution in [0.3, 0.4) is 0 Å². The number of rotatable bonds is 1. The molecule has 1 aromatic rings. The van der Waals surface area contributed by atoms with Gasteiger partial charge >= 0.3 is 0 Å². The summed E-state index contributed by atoms with van der Waals surface area (Å²) in [6.45, 7) is 3.14. The summed E-state index contributed by atoms with van der Waals surface area (Å²) in [5.74, 6) is 0. The summed E-state index contributed by atoms with van der Waals surface area (Å²) in [6.07, 6.45) is 5.96. The molecule has 0 bridgehead atoms. The molecule has 62 valence electrons. The monoisotopic (exact) mass is 160 g/mol. The second-order valence-corrected chi connectivity index (χ2v) is 3.16. The lowest BCUT2D eigenvalue weighted by Gasteiger charge is -2.07. The minimum absolute atomic E-state index is 0.374. The van der Waals surface area contributed by atoms with Gasteiger partial charge in [-0.2, -0.15) is 0 Å². The Balaban J connectivity index is 2.22. The van der Waals surface area contributed by atoms with Gasteiger partial charge in [0.15, 0.2) is 0 Å². The number of hydrogen-bond acceptors (Lipinski definition) is 2. The molecule has 1 atom stereocenters. The number of aromatic nitrogens is 1. The molecule has 1 aromatic heterocycles. The summed E-state index contributed by atoms with van der Waals surface area (Å²) < 4.78 is 0. The van der Waals surface area contributed by atoms with Crippen LogP contribution in [-0.4, -0.2) is 11.5 Å². The smallest absolute Gasteiger partial charge is 0.0527 e. The van der Waals surface area contributed by atoms with Crippen molar-refractivity contribution in [3.63, 3.8) is 0 Å². The van der Waals surface area contributed by atoms with E-state index in [2.05, 4.69) is 29.4 Å². The summed E-state index contributed by atoms with van der Waals surface area (Å²) in [4.78, 5) is 4.09. The van der Waals surface area contributed by atoms with Gasteiger partial charge in [-0.3, -0.25) is 4.98 Å². The van der Waals surface area contributed by atoms with Crippen molar-refractivity contribution in [2.45, 2.75) is 13.0 Å². The van der Waals surface area contributed by atoms with Crippen LogP contribution >= 0.6 is 0 Å². The van der Waals surface area contributed by atoms with Crippen LogP contribution in [0.5, 0.6) is 0 Å². The van der Waals surface area contributed by atoms with Gasteiger partial charge in [-0.15, -0.1) is 0 Å². The van der Waals surface area contributed by atoms with Crippen molar-refractivity contribution >= 4 is 0 Å². The first-order chi connectivity index (χ1) is 5.86. The maximum Gasteiger partial charge on any atom is 0.0527 e. The Morgan fingerprint density at radius 2 is 2.50 bits per heavy atom. The SMILES string of the molecule is CC1=CC(c2cccnc2)NC1. The van der Waals surface area contributed by atoms with Crippen molar-refractivity contribution < 1.29 is 0 Å². The minimum Gasteiger partial charge on any atom is -0.303 e. The quantitative estimate of drug-likeness (QED) is 0.632. The number of nitrogens with one attached hydrogen (secondary N) is 1. The van der Waals surface area contributed by atoms with Gasteiger partial charge in [0.1, 0.15) is 0 Å². The zero-order chi connectivity index (χ0) is 8.39. The average molecular weight is 160 g/mol. The van der Waals surface area contributed by atoms with Crippen molar-refractivity contribution in [3.05, 3.63) is 41.7 Å². The molecule has 0 radical (unpaired) electrons. The van der Waals surface area contributed by atoms with E-state index in [1.165, 1.54) is 11.1 Å².